The fourth-order valence-electron chi connectivity index (χ4n) is 3.44. The molecule has 1 heterocycles. The molecule has 1 aromatic heterocycles. The van der Waals surface area contributed by atoms with Crippen molar-refractivity contribution in [1.29, 1.82) is 0 Å². The van der Waals surface area contributed by atoms with Crippen LogP contribution >= 0.6 is 11.3 Å². The maximum atomic E-state index is 6.67. The first kappa shape index (κ1) is 14.1. The first-order chi connectivity index (χ1) is 9.66. The Hall–Kier alpha value is -0.900. The zero-order valence-corrected chi connectivity index (χ0v) is 13.1. The molecule has 1 aliphatic carbocycles. The maximum absolute atomic E-state index is 6.67. The van der Waals surface area contributed by atoms with E-state index < -0.39 is 0 Å². The van der Waals surface area contributed by atoms with Crippen LogP contribution in [0.25, 0.3) is 10.1 Å². The summed E-state index contributed by atoms with van der Waals surface area (Å²) in [5.74, 6) is 0.794. The average Bonchev–Trinajstić information content (AvgIpc) is 2.96. The monoisotopic (exact) mass is 289 g/mol. The number of hydrogen-bond acceptors (Lipinski definition) is 3. The van der Waals surface area contributed by atoms with Gasteiger partial charge in [0.2, 0.25) is 0 Å². The summed E-state index contributed by atoms with van der Waals surface area (Å²) in [5, 5.41) is 3.43. The van der Waals surface area contributed by atoms with Crippen molar-refractivity contribution in [3.05, 3.63) is 35.2 Å². The molecule has 2 N–H and O–H groups in total. The largest absolute Gasteiger partial charge is 0.376 e. The van der Waals surface area contributed by atoms with Gasteiger partial charge in [-0.1, -0.05) is 25.1 Å². The average molecular weight is 289 g/mol. The molecule has 1 atom stereocenters. The lowest BCUT2D eigenvalue weighted by Gasteiger charge is -2.42. The van der Waals surface area contributed by atoms with Gasteiger partial charge in [0.05, 0.1) is 11.6 Å². The van der Waals surface area contributed by atoms with Crippen LogP contribution in [0.3, 0.4) is 0 Å². The predicted octanol–water partition coefficient (Wildman–Crippen LogP) is 4.50. The minimum absolute atomic E-state index is 0.0395. The Morgan fingerprint density at radius 2 is 2.05 bits per heavy atom. The lowest BCUT2D eigenvalue weighted by molar-refractivity contribution is -0.0668. The molecule has 3 heteroatoms. The summed E-state index contributed by atoms with van der Waals surface area (Å²) in [6, 6.07) is 8.56. The number of fused-ring (bicyclic) bond motifs is 1. The molecule has 0 amide bonds. The molecular formula is C17H23NOS. The molecule has 20 heavy (non-hydrogen) atoms. The van der Waals surface area contributed by atoms with Gasteiger partial charge in [-0.3, -0.25) is 0 Å². The molecule has 1 aliphatic rings. The smallest absolute Gasteiger partial charge is 0.0871 e. The van der Waals surface area contributed by atoms with Gasteiger partial charge in [-0.2, -0.15) is 0 Å². The Morgan fingerprint density at radius 3 is 2.75 bits per heavy atom. The molecule has 1 unspecified atom stereocenters. The van der Waals surface area contributed by atoms with Crippen LogP contribution in [0.5, 0.6) is 0 Å². The van der Waals surface area contributed by atoms with Crippen LogP contribution in [0.4, 0.5) is 0 Å². The van der Waals surface area contributed by atoms with Gasteiger partial charge in [-0.05, 0) is 54.0 Å². The highest BCUT2D eigenvalue weighted by atomic mass is 32.1. The minimum atomic E-state index is -0.190. The minimum Gasteiger partial charge on any atom is -0.376 e. The van der Waals surface area contributed by atoms with E-state index in [9.17, 15) is 0 Å². The normalized spacial score (nSPS) is 28.6. The fraction of sp³-hybridized carbons (Fsp3) is 0.529. The van der Waals surface area contributed by atoms with Crippen molar-refractivity contribution >= 4 is 21.4 Å². The second-order valence-electron chi connectivity index (χ2n) is 6.12. The Balaban J connectivity index is 1.98. The van der Waals surface area contributed by atoms with E-state index in [0.29, 0.717) is 0 Å². The van der Waals surface area contributed by atoms with E-state index in [2.05, 4.69) is 36.6 Å². The van der Waals surface area contributed by atoms with Gasteiger partial charge < -0.3 is 10.5 Å². The fourth-order valence-corrected chi connectivity index (χ4v) is 4.39. The molecule has 0 bridgehead atoms. The number of rotatable bonds is 3. The van der Waals surface area contributed by atoms with E-state index in [1.807, 2.05) is 7.11 Å². The van der Waals surface area contributed by atoms with Crippen LogP contribution < -0.4 is 5.73 Å². The molecule has 0 saturated heterocycles. The van der Waals surface area contributed by atoms with Gasteiger partial charge in [-0.15, -0.1) is 11.3 Å². The van der Waals surface area contributed by atoms with Gasteiger partial charge in [0.15, 0.2) is 0 Å². The lowest BCUT2D eigenvalue weighted by atomic mass is 9.73. The zero-order valence-electron chi connectivity index (χ0n) is 12.3. The number of methoxy groups -OCH3 is 1. The Kier molecular flexibility index (Phi) is 3.85. The van der Waals surface area contributed by atoms with Crippen LogP contribution in [0, 0.1) is 5.92 Å². The lowest BCUT2D eigenvalue weighted by Crippen LogP contribution is -2.45. The molecule has 1 saturated carbocycles. The summed E-state index contributed by atoms with van der Waals surface area (Å²) in [7, 11) is 1.82. The summed E-state index contributed by atoms with van der Waals surface area (Å²) in [4.78, 5) is 0. The summed E-state index contributed by atoms with van der Waals surface area (Å²) in [6.07, 6.45) is 4.55. The van der Waals surface area contributed by atoms with E-state index in [1.54, 1.807) is 11.3 Å². The molecule has 0 aliphatic heterocycles. The second-order valence-corrected chi connectivity index (χ2v) is 7.03. The summed E-state index contributed by atoms with van der Waals surface area (Å²) >= 11 is 1.78. The highest BCUT2D eigenvalue weighted by Gasteiger charge is 2.41. The molecule has 2 aromatic rings. The highest BCUT2D eigenvalue weighted by molar-refractivity contribution is 7.17. The molecule has 0 spiro atoms. The van der Waals surface area contributed by atoms with Crippen molar-refractivity contribution in [3.63, 3.8) is 0 Å². The van der Waals surface area contributed by atoms with E-state index in [0.717, 1.165) is 18.8 Å². The molecule has 108 valence electrons. The molecule has 1 aromatic carbocycles. The van der Waals surface area contributed by atoms with E-state index in [4.69, 9.17) is 10.5 Å². The van der Waals surface area contributed by atoms with E-state index in [-0.39, 0.29) is 11.6 Å². The molecule has 1 fully saturated rings. The molecule has 3 rings (SSSR count). The first-order valence-corrected chi connectivity index (χ1v) is 8.31. The maximum Gasteiger partial charge on any atom is 0.0871 e. The second kappa shape index (κ2) is 5.47. The van der Waals surface area contributed by atoms with Gasteiger partial charge in [0, 0.05) is 11.8 Å². The third-order valence-electron chi connectivity index (χ3n) is 4.94. The number of ether oxygens (including phenoxy) is 1. The molecular weight excluding hydrogens is 266 g/mol. The van der Waals surface area contributed by atoms with Gasteiger partial charge >= 0.3 is 0 Å². The van der Waals surface area contributed by atoms with Crippen molar-refractivity contribution in [1.82, 2.24) is 0 Å². The number of thiophene rings is 1. The Bertz CT molecular complexity index is 583. The van der Waals surface area contributed by atoms with Crippen LogP contribution in [-0.4, -0.2) is 12.7 Å². The first-order valence-electron chi connectivity index (χ1n) is 7.43. The summed E-state index contributed by atoms with van der Waals surface area (Å²) in [5.41, 5.74) is 7.72. The van der Waals surface area contributed by atoms with Crippen molar-refractivity contribution in [2.24, 2.45) is 11.7 Å². The number of benzene rings is 1. The van der Waals surface area contributed by atoms with Crippen LogP contribution in [0.1, 0.15) is 44.2 Å². The van der Waals surface area contributed by atoms with E-state index in [1.165, 1.54) is 28.5 Å². The van der Waals surface area contributed by atoms with Crippen molar-refractivity contribution in [2.75, 3.05) is 7.11 Å². The van der Waals surface area contributed by atoms with Gasteiger partial charge in [-0.25, -0.2) is 0 Å². The molecule has 0 radical (unpaired) electrons. The zero-order chi connectivity index (χ0) is 14.2. The van der Waals surface area contributed by atoms with Gasteiger partial charge in [0.1, 0.15) is 0 Å². The topological polar surface area (TPSA) is 35.2 Å². The summed E-state index contributed by atoms with van der Waals surface area (Å²) < 4.78 is 7.26. The van der Waals surface area contributed by atoms with Crippen LogP contribution in [-0.2, 0) is 4.74 Å². The standard InChI is InChI=1S/C17H23NOS/c1-12-6-9-17(19-2,10-7-12)16(18)14-5-3-4-13-8-11-20-15(13)14/h3-5,8,11-12,16H,6-7,9-10,18H2,1-2H3. The SMILES string of the molecule is COC1(C(N)c2cccc3ccsc23)CCC(C)CC1. The third-order valence-corrected chi connectivity index (χ3v) is 5.92. The predicted molar refractivity (Wildman–Crippen MR) is 86.1 cm³/mol. The van der Waals surface area contributed by atoms with E-state index >= 15 is 0 Å². The Morgan fingerprint density at radius 1 is 1.30 bits per heavy atom. The van der Waals surface area contributed by atoms with Crippen LogP contribution in [0.15, 0.2) is 29.6 Å². The van der Waals surface area contributed by atoms with Crippen molar-refractivity contribution in [2.45, 2.75) is 44.2 Å². The van der Waals surface area contributed by atoms with Crippen molar-refractivity contribution < 1.29 is 4.74 Å². The van der Waals surface area contributed by atoms with Gasteiger partial charge in [0.25, 0.3) is 0 Å². The quantitative estimate of drug-likeness (QED) is 0.903. The van der Waals surface area contributed by atoms with Crippen molar-refractivity contribution in [3.8, 4) is 0 Å². The number of nitrogens with two attached hydrogens (primary N) is 1. The number of hydrogen-bond donors (Lipinski definition) is 1. The van der Waals surface area contributed by atoms with Crippen LogP contribution in [0.2, 0.25) is 0 Å². The highest BCUT2D eigenvalue weighted by Crippen LogP contribution is 2.43. The summed E-state index contributed by atoms with van der Waals surface area (Å²) in [6.45, 7) is 2.32. The third kappa shape index (κ3) is 2.28. The Labute approximate surface area is 124 Å². The molecule has 2 nitrogen and oxygen atoms in total.